The number of aromatic amines is 1. The van der Waals surface area contributed by atoms with Crippen molar-refractivity contribution < 1.29 is 22.7 Å². The number of aromatic nitrogens is 1. The van der Waals surface area contributed by atoms with Crippen molar-refractivity contribution in [1.29, 1.82) is 0 Å². The average Bonchev–Trinajstić information content (AvgIpc) is 2.78. The SMILES string of the molecule is CCOc1ccc(NS(=O)(=O)c2ccc3[nH]c(=O)cc(C(=O)N4CC(C)OC(C)C4)c3c2)cc1. The van der Waals surface area contributed by atoms with Crippen LogP contribution in [0.3, 0.4) is 0 Å². The molecule has 2 heterocycles. The van der Waals surface area contributed by atoms with Gasteiger partial charge in [0.1, 0.15) is 5.75 Å². The summed E-state index contributed by atoms with van der Waals surface area (Å²) in [6.07, 6.45) is -0.287. The maximum absolute atomic E-state index is 13.3. The monoisotopic (exact) mass is 485 g/mol. The second kappa shape index (κ2) is 9.47. The van der Waals surface area contributed by atoms with Crippen molar-refractivity contribution in [2.45, 2.75) is 37.9 Å². The van der Waals surface area contributed by atoms with E-state index in [4.69, 9.17) is 9.47 Å². The Bertz CT molecular complexity index is 1360. The van der Waals surface area contributed by atoms with Crippen LogP contribution in [0.15, 0.2) is 58.2 Å². The standard InChI is InChI=1S/C24H27N3O6S/c1-4-32-18-7-5-17(6-8-18)26-34(30,31)19-9-10-22-20(11-19)21(12-23(28)25-22)24(29)27-13-15(2)33-16(3)14-27/h5-12,15-16,26H,4,13-14H2,1-3H3,(H,25,28). The van der Waals surface area contributed by atoms with E-state index in [0.717, 1.165) is 0 Å². The lowest BCUT2D eigenvalue weighted by Crippen LogP contribution is -2.48. The molecular formula is C24H27N3O6S. The van der Waals surface area contributed by atoms with E-state index in [1.165, 1.54) is 24.3 Å². The third-order valence-electron chi connectivity index (χ3n) is 5.48. The fraction of sp³-hybridized carbons (Fsp3) is 0.333. The number of nitrogens with one attached hydrogen (secondary N) is 2. The number of carbonyl (C=O) groups is 1. The Balaban J connectivity index is 1.69. The number of carbonyl (C=O) groups excluding carboxylic acids is 1. The highest BCUT2D eigenvalue weighted by molar-refractivity contribution is 7.92. The summed E-state index contributed by atoms with van der Waals surface area (Å²) in [5.74, 6) is 0.294. The van der Waals surface area contributed by atoms with Crippen LogP contribution >= 0.6 is 0 Å². The van der Waals surface area contributed by atoms with Crippen LogP contribution in [0.1, 0.15) is 31.1 Å². The molecule has 1 aromatic heterocycles. The Labute approximate surface area is 197 Å². The van der Waals surface area contributed by atoms with Gasteiger partial charge in [-0.15, -0.1) is 0 Å². The van der Waals surface area contributed by atoms with Gasteiger partial charge in [-0.3, -0.25) is 14.3 Å². The fourth-order valence-corrected chi connectivity index (χ4v) is 5.18. The molecule has 4 rings (SSSR count). The number of fused-ring (bicyclic) bond motifs is 1. The van der Waals surface area contributed by atoms with Crippen LogP contribution in [0.4, 0.5) is 5.69 Å². The number of amides is 1. The van der Waals surface area contributed by atoms with Crippen LogP contribution in [0.25, 0.3) is 10.9 Å². The lowest BCUT2D eigenvalue weighted by molar-refractivity contribution is -0.0585. The van der Waals surface area contributed by atoms with Gasteiger partial charge in [0.2, 0.25) is 5.56 Å². The minimum absolute atomic E-state index is 0.0290. The van der Waals surface area contributed by atoms with Gasteiger partial charge in [0.05, 0.1) is 29.3 Å². The highest BCUT2D eigenvalue weighted by atomic mass is 32.2. The van der Waals surface area contributed by atoms with Crippen molar-refractivity contribution in [3.05, 3.63) is 64.4 Å². The number of sulfonamides is 1. The van der Waals surface area contributed by atoms with Crippen molar-refractivity contribution in [2.75, 3.05) is 24.4 Å². The molecule has 2 aromatic carbocycles. The number of morpholine rings is 1. The van der Waals surface area contributed by atoms with Gasteiger partial charge in [0.25, 0.3) is 15.9 Å². The number of ether oxygens (including phenoxy) is 2. The minimum Gasteiger partial charge on any atom is -0.494 e. The molecule has 34 heavy (non-hydrogen) atoms. The molecule has 3 aromatic rings. The summed E-state index contributed by atoms with van der Waals surface area (Å²) in [4.78, 5) is 29.8. The molecule has 0 saturated carbocycles. The zero-order valence-corrected chi connectivity index (χ0v) is 20.0. The predicted octanol–water partition coefficient (Wildman–Crippen LogP) is 2.98. The molecule has 0 bridgehead atoms. The summed E-state index contributed by atoms with van der Waals surface area (Å²) in [6.45, 7) is 6.89. The third-order valence-corrected chi connectivity index (χ3v) is 6.86. The van der Waals surface area contributed by atoms with Crippen LogP contribution in [0.2, 0.25) is 0 Å². The Morgan fingerprint density at radius 1 is 1.12 bits per heavy atom. The zero-order chi connectivity index (χ0) is 24.5. The highest BCUT2D eigenvalue weighted by Crippen LogP contribution is 2.25. The first-order valence-electron chi connectivity index (χ1n) is 11.0. The molecule has 180 valence electrons. The number of nitrogens with zero attached hydrogens (tertiary/aromatic N) is 1. The number of rotatable bonds is 6. The van der Waals surface area contributed by atoms with Crippen LogP contribution in [0.5, 0.6) is 5.75 Å². The number of hydrogen-bond donors (Lipinski definition) is 2. The third kappa shape index (κ3) is 5.07. The van der Waals surface area contributed by atoms with Crippen molar-refractivity contribution in [2.24, 2.45) is 0 Å². The molecule has 1 aliphatic rings. The van der Waals surface area contributed by atoms with E-state index in [2.05, 4.69) is 9.71 Å². The molecule has 0 radical (unpaired) electrons. The summed E-state index contributed by atoms with van der Waals surface area (Å²) in [5.41, 5.74) is 0.467. The van der Waals surface area contributed by atoms with Gasteiger partial charge in [-0.25, -0.2) is 8.42 Å². The van der Waals surface area contributed by atoms with E-state index in [-0.39, 0.29) is 28.6 Å². The van der Waals surface area contributed by atoms with Gasteiger partial charge in [-0.2, -0.15) is 0 Å². The summed E-state index contributed by atoms with van der Waals surface area (Å²) < 4.78 is 39.7. The number of H-pyrrole nitrogens is 1. The maximum Gasteiger partial charge on any atom is 0.261 e. The molecule has 0 aliphatic carbocycles. The summed E-state index contributed by atoms with van der Waals surface area (Å²) in [7, 11) is -3.95. The molecule has 0 spiro atoms. The second-order valence-electron chi connectivity index (χ2n) is 8.28. The Hall–Kier alpha value is -3.37. The van der Waals surface area contributed by atoms with Crippen LogP contribution in [0, 0.1) is 0 Å². The maximum atomic E-state index is 13.3. The highest BCUT2D eigenvalue weighted by Gasteiger charge is 2.28. The van der Waals surface area contributed by atoms with E-state index in [9.17, 15) is 18.0 Å². The molecule has 9 nitrogen and oxygen atoms in total. The van der Waals surface area contributed by atoms with E-state index in [1.54, 1.807) is 29.2 Å². The molecule has 2 atom stereocenters. The van der Waals surface area contributed by atoms with E-state index in [1.807, 2.05) is 20.8 Å². The summed E-state index contributed by atoms with van der Waals surface area (Å²) in [5, 5.41) is 0.353. The quantitative estimate of drug-likeness (QED) is 0.554. The lowest BCUT2D eigenvalue weighted by Gasteiger charge is -2.35. The summed E-state index contributed by atoms with van der Waals surface area (Å²) >= 11 is 0. The van der Waals surface area contributed by atoms with Crippen molar-refractivity contribution in [1.82, 2.24) is 9.88 Å². The number of benzene rings is 2. The lowest BCUT2D eigenvalue weighted by atomic mass is 10.1. The van der Waals surface area contributed by atoms with Crippen LogP contribution in [-0.2, 0) is 14.8 Å². The van der Waals surface area contributed by atoms with Crippen LogP contribution in [-0.4, -0.2) is 56.1 Å². The zero-order valence-electron chi connectivity index (χ0n) is 19.2. The van der Waals surface area contributed by atoms with Gasteiger partial charge in [-0.1, -0.05) is 0 Å². The molecule has 1 fully saturated rings. The van der Waals surface area contributed by atoms with Gasteiger partial charge in [0, 0.05) is 35.7 Å². The van der Waals surface area contributed by atoms with Gasteiger partial charge in [0.15, 0.2) is 0 Å². The molecule has 10 heteroatoms. The number of anilines is 1. The second-order valence-corrected chi connectivity index (χ2v) is 9.97. The number of pyridine rings is 1. The van der Waals surface area contributed by atoms with Crippen LogP contribution < -0.4 is 15.0 Å². The molecule has 1 amide bonds. The Kier molecular flexibility index (Phi) is 6.63. The minimum atomic E-state index is -3.95. The van der Waals surface area contributed by atoms with Crippen molar-refractivity contribution in [3.8, 4) is 5.75 Å². The molecule has 2 unspecified atom stereocenters. The topological polar surface area (TPSA) is 118 Å². The summed E-state index contributed by atoms with van der Waals surface area (Å²) in [6, 6.07) is 12.1. The van der Waals surface area contributed by atoms with E-state index < -0.39 is 15.6 Å². The normalized spacial score (nSPS) is 18.6. The molecular weight excluding hydrogens is 458 g/mol. The molecule has 1 aliphatic heterocycles. The van der Waals surface area contributed by atoms with Gasteiger partial charge >= 0.3 is 0 Å². The Morgan fingerprint density at radius 2 is 1.79 bits per heavy atom. The first-order chi connectivity index (χ1) is 16.2. The average molecular weight is 486 g/mol. The van der Waals surface area contributed by atoms with Crippen molar-refractivity contribution in [3.63, 3.8) is 0 Å². The van der Waals surface area contributed by atoms with Gasteiger partial charge in [-0.05, 0) is 63.2 Å². The largest absolute Gasteiger partial charge is 0.494 e. The smallest absolute Gasteiger partial charge is 0.261 e. The van der Waals surface area contributed by atoms with Gasteiger partial charge < -0.3 is 19.4 Å². The first kappa shape index (κ1) is 23.8. The van der Waals surface area contributed by atoms with Crippen molar-refractivity contribution >= 4 is 32.5 Å². The first-order valence-corrected chi connectivity index (χ1v) is 12.5. The molecule has 2 N–H and O–H groups in total. The van der Waals surface area contributed by atoms with E-state index >= 15 is 0 Å². The molecule has 1 saturated heterocycles. The fourth-order valence-electron chi connectivity index (χ4n) is 4.09. The van der Waals surface area contributed by atoms with E-state index in [0.29, 0.717) is 42.0 Å². The number of hydrogen-bond acceptors (Lipinski definition) is 6. The Morgan fingerprint density at radius 3 is 2.44 bits per heavy atom. The predicted molar refractivity (Wildman–Crippen MR) is 129 cm³/mol.